The number of aliphatic hydroxyl groups excluding tert-OH is 1. The summed E-state index contributed by atoms with van der Waals surface area (Å²) in [6.07, 6.45) is 8.24. The molecule has 8 heterocycles. The zero-order valence-corrected chi connectivity index (χ0v) is 43.5. The van der Waals surface area contributed by atoms with Crippen LogP contribution in [0.25, 0.3) is 11.3 Å². The molecule has 3 aromatic heterocycles. The Balaban J connectivity index is 0.762. The molecule has 20 nitrogen and oxygen atoms in total. The van der Waals surface area contributed by atoms with Crippen molar-refractivity contribution in [2.24, 2.45) is 5.41 Å². The highest BCUT2D eigenvalue weighted by atomic mass is 16.5. The van der Waals surface area contributed by atoms with Crippen LogP contribution in [0.4, 0.5) is 34.4 Å². The second-order valence-corrected chi connectivity index (χ2v) is 21.4. The van der Waals surface area contributed by atoms with Gasteiger partial charge < -0.3 is 34.8 Å². The first-order valence-electron chi connectivity index (χ1n) is 26.0. The first-order chi connectivity index (χ1) is 36.6. The molecule has 1 aliphatic carbocycles. The van der Waals surface area contributed by atoms with Crippen molar-refractivity contribution in [3.8, 4) is 17.1 Å². The topological polar surface area (TPSA) is 219 Å². The van der Waals surface area contributed by atoms with Gasteiger partial charge in [-0.2, -0.15) is 0 Å². The number of likely N-dealkylation sites (N-methyl/N-ethyl adjacent to an activating group) is 1. The highest BCUT2D eigenvalue weighted by molar-refractivity contribution is 6.23. The molecule has 5 aromatic rings. The Morgan fingerprint density at radius 2 is 1.68 bits per heavy atom. The zero-order valence-electron chi connectivity index (χ0n) is 43.5. The van der Waals surface area contributed by atoms with E-state index in [1.165, 1.54) is 31.5 Å². The summed E-state index contributed by atoms with van der Waals surface area (Å²) in [6.45, 7) is 14.8. The Morgan fingerprint density at radius 3 is 2.43 bits per heavy atom. The van der Waals surface area contributed by atoms with Gasteiger partial charge in [-0.1, -0.05) is 20.4 Å². The molecule has 3 fully saturated rings. The molecule has 2 aromatic carbocycles. The molecule has 0 spiro atoms. The van der Waals surface area contributed by atoms with Crippen LogP contribution in [0.15, 0.2) is 73.6 Å². The third kappa shape index (κ3) is 8.81. The molecule has 3 N–H and O–H groups in total. The van der Waals surface area contributed by atoms with Gasteiger partial charge in [0.1, 0.15) is 17.6 Å². The molecule has 20 heteroatoms. The molecule has 6 aliphatic rings. The Hall–Kier alpha value is -7.97. The van der Waals surface area contributed by atoms with Crippen LogP contribution in [0.3, 0.4) is 0 Å². The molecule has 1 unspecified atom stereocenters. The molecule has 76 heavy (non-hydrogen) atoms. The number of nitrogens with one attached hydrogen (secondary N) is 2. The van der Waals surface area contributed by atoms with Crippen molar-refractivity contribution < 1.29 is 38.6 Å². The number of aromatic nitrogens is 4. The number of anilines is 6. The fourth-order valence-corrected chi connectivity index (χ4v) is 12.3. The SMILES string of the molecule is C=CC(=O)Nc1cc(Nc2nc(-c3ccnc(N4CCn5c(cc6c5CC(C)(C)C6)C4=O)c3CO)cnc2OC)ccc1N1CCN(C2CCN(c3ccc4c(c3)C(=O)N(C3CCC(=O)N(C)C3=O)C4=O)CC2)C[C@@H]1C. The Labute approximate surface area is 440 Å². The number of carbonyl (C=O) groups is 6. The van der Waals surface area contributed by atoms with Crippen LogP contribution in [-0.2, 0) is 40.4 Å². The summed E-state index contributed by atoms with van der Waals surface area (Å²) in [5.74, 6) is -1.53. The van der Waals surface area contributed by atoms with Crippen LogP contribution in [0.2, 0.25) is 0 Å². The number of hydrogen-bond donors (Lipinski definition) is 3. The Bertz CT molecular complexity index is 3250. The largest absolute Gasteiger partial charge is 0.478 e. The molecule has 3 saturated heterocycles. The van der Waals surface area contributed by atoms with Crippen molar-refractivity contribution in [3.63, 3.8) is 0 Å². The van der Waals surface area contributed by atoms with Crippen molar-refractivity contribution in [1.82, 2.24) is 34.2 Å². The number of imide groups is 2. The molecule has 2 atom stereocenters. The second-order valence-electron chi connectivity index (χ2n) is 21.4. The molecule has 5 aliphatic heterocycles. The minimum Gasteiger partial charge on any atom is -0.478 e. The standard InChI is InChI=1S/C56H62N12O8/c1-7-47(70)60-41-25-34(59-49-51(76-6)58-29-42(61-49)37-14-17-57-50(40(37)31-69)67-23-22-66-45(55(67)75)24-33-27-56(3,4)28-46(33)66)8-11-43(41)65-21-20-64(30-32(65)2)35-15-18-63(19-16-35)36-9-10-38-39(26-36)53(73)68(52(38)72)44-12-13-48(71)62(5)54(44)74/h7-11,14,17,24-26,29,32,35,44,69H,1,12-13,15-16,18-23,27-28,30-31H2,2-6H3,(H,59,61)(H,60,70)/t32-,44?/m0/s1. The third-order valence-electron chi connectivity index (χ3n) is 16.1. The van der Waals surface area contributed by atoms with Crippen molar-refractivity contribution in [2.75, 3.05) is 78.8 Å². The Morgan fingerprint density at radius 1 is 0.895 bits per heavy atom. The van der Waals surface area contributed by atoms with Crippen LogP contribution >= 0.6 is 0 Å². The maximum atomic E-state index is 14.1. The highest BCUT2D eigenvalue weighted by Gasteiger charge is 2.47. The lowest BCUT2D eigenvalue weighted by molar-refractivity contribution is -0.149. The molecule has 0 saturated carbocycles. The molecular weight excluding hydrogens is 969 g/mol. The average Bonchev–Trinajstić information content (AvgIpc) is 4.02. The number of amides is 6. The first-order valence-corrected chi connectivity index (χ1v) is 26.0. The molecule has 0 bridgehead atoms. The summed E-state index contributed by atoms with van der Waals surface area (Å²) < 4.78 is 7.81. The number of ether oxygens (including phenoxy) is 1. The zero-order chi connectivity index (χ0) is 53.3. The van der Waals surface area contributed by atoms with E-state index in [0.717, 1.165) is 73.0 Å². The highest BCUT2D eigenvalue weighted by Crippen LogP contribution is 2.42. The Kier molecular flexibility index (Phi) is 13.0. The van der Waals surface area contributed by atoms with Crippen LogP contribution in [0.5, 0.6) is 5.88 Å². The van der Waals surface area contributed by atoms with Gasteiger partial charge in [0.05, 0.1) is 48.1 Å². The van der Waals surface area contributed by atoms with Gasteiger partial charge >= 0.3 is 0 Å². The number of methoxy groups -OCH3 is 1. The van der Waals surface area contributed by atoms with E-state index in [-0.39, 0.29) is 59.0 Å². The maximum absolute atomic E-state index is 14.1. The number of likely N-dealkylation sites (tertiary alicyclic amines) is 1. The predicted molar refractivity (Wildman–Crippen MR) is 285 cm³/mol. The van der Waals surface area contributed by atoms with Crippen molar-refractivity contribution in [3.05, 3.63) is 107 Å². The minimum atomic E-state index is -0.998. The van der Waals surface area contributed by atoms with Gasteiger partial charge in [0.2, 0.25) is 11.8 Å². The van der Waals surface area contributed by atoms with Gasteiger partial charge in [-0.05, 0) is 105 Å². The summed E-state index contributed by atoms with van der Waals surface area (Å²) in [7, 11) is 2.88. The second kappa shape index (κ2) is 19.6. The quantitative estimate of drug-likeness (QED) is 0.105. The van der Waals surface area contributed by atoms with Crippen LogP contribution < -0.4 is 30.1 Å². The van der Waals surface area contributed by atoms with E-state index in [0.29, 0.717) is 71.2 Å². The third-order valence-corrected chi connectivity index (χ3v) is 16.1. The number of nitrogens with zero attached hydrogens (tertiary/aromatic N) is 10. The van der Waals surface area contributed by atoms with Crippen molar-refractivity contribution >= 4 is 69.8 Å². The minimum absolute atomic E-state index is 0.0784. The van der Waals surface area contributed by atoms with Gasteiger partial charge in [-0.3, -0.25) is 48.4 Å². The van der Waals surface area contributed by atoms with Gasteiger partial charge in [0.15, 0.2) is 5.82 Å². The lowest BCUT2D eigenvalue weighted by atomic mass is 9.90. The van der Waals surface area contributed by atoms with E-state index in [4.69, 9.17) is 9.72 Å². The summed E-state index contributed by atoms with van der Waals surface area (Å²) in [4.78, 5) is 104. The fraction of sp³-hybridized carbons (Fsp3) is 0.411. The monoisotopic (exact) mass is 1030 g/mol. The molecule has 394 valence electrons. The number of aliphatic hydroxyl groups is 1. The van der Waals surface area contributed by atoms with E-state index >= 15 is 0 Å². The van der Waals surface area contributed by atoms with Crippen LogP contribution in [-0.4, -0.2) is 146 Å². The van der Waals surface area contributed by atoms with Crippen molar-refractivity contribution in [1.29, 1.82) is 0 Å². The number of piperidine rings is 2. The number of hydrogen-bond acceptors (Lipinski definition) is 15. The van der Waals surface area contributed by atoms with Crippen LogP contribution in [0.1, 0.15) is 94.5 Å². The summed E-state index contributed by atoms with van der Waals surface area (Å²) in [5, 5.41) is 17.2. The van der Waals surface area contributed by atoms with E-state index in [2.05, 4.69) is 67.2 Å². The number of pyridine rings is 1. The number of piperazine rings is 1. The van der Waals surface area contributed by atoms with Crippen LogP contribution in [0, 0.1) is 5.41 Å². The first kappa shape index (κ1) is 50.2. The summed E-state index contributed by atoms with van der Waals surface area (Å²) in [5.41, 5.74) is 8.08. The lowest BCUT2D eigenvalue weighted by Crippen LogP contribution is -2.57. The van der Waals surface area contributed by atoms with Gasteiger partial charge in [0, 0.05) is 106 Å². The number of benzene rings is 2. The lowest BCUT2D eigenvalue weighted by Gasteiger charge is -2.47. The number of fused-ring (bicyclic) bond motifs is 4. The summed E-state index contributed by atoms with van der Waals surface area (Å²) >= 11 is 0. The normalized spacial score (nSPS) is 20.8. The van der Waals surface area contributed by atoms with Gasteiger partial charge in [0.25, 0.3) is 29.5 Å². The summed E-state index contributed by atoms with van der Waals surface area (Å²) in [6, 6.07) is 14.2. The predicted octanol–water partition coefficient (Wildman–Crippen LogP) is 5.42. The fourth-order valence-electron chi connectivity index (χ4n) is 12.3. The molecule has 11 rings (SSSR count). The maximum Gasteiger partial charge on any atom is 0.276 e. The molecule has 0 radical (unpaired) electrons. The number of carbonyl (C=O) groups excluding carboxylic acids is 6. The average molecular weight is 1030 g/mol. The molecular formula is C56H62N12O8. The van der Waals surface area contributed by atoms with E-state index in [9.17, 15) is 33.9 Å². The van der Waals surface area contributed by atoms with E-state index in [1.807, 2.05) is 30.3 Å². The van der Waals surface area contributed by atoms with Gasteiger partial charge in [-0.15, -0.1) is 0 Å². The smallest absolute Gasteiger partial charge is 0.276 e. The number of rotatable bonds is 12. The van der Waals surface area contributed by atoms with Gasteiger partial charge in [-0.25, -0.2) is 15.0 Å². The van der Waals surface area contributed by atoms with E-state index in [1.54, 1.807) is 35.5 Å². The molecule has 6 amide bonds. The van der Waals surface area contributed by atoms with E-state index < -0.39 is 30.4 Å². The van der Waals surface area contributed by atoms with Crippen molar-refractivity contribution in [2.45, 2.75) is 90.6 Å².